The van der Waals surface area contributed by atoms with Crippen molar-refractivity contribution in [2.45, 2.75) is 45.5 Å². The van der Waals surface area contributed by atoms with Crippen molar-refractivity contribution in [2.75, 3.05) is 6.61 Å². The number of ether oxygens (including phenoxy) is 1. The van der Waals surface area contributed by atoms with E-state index in [0.717, 1.165) is 19.6 Å². The Kier molecular flexibility index (Phi) is 2.53. The standard InChI is InChI=1S/C15H21NO/c1-11(2)15(3)16-9-13-7-5-4-6-12(13)8-14(16)10-17-15/h4-7,11,14H,8-10H2,1-3H3. The highest BCUT2D eigenvalue weighted by atomic mass is 16.5. The summed E-state index contributed by atoms with van der Waals surface area (Å²) in [5.74, 6) is 0.526. The van der Waals surface area contributed by atoms with Gasteiger partial charge in [0.15, 0.2) is 0 Å². The molecule has 2 aliphatic rings. The lowest BCUT2D eigenvalue weighted by atomic mass is 9.91. The van der Waals surface area contributed by atoms with Gasteiger partial charge in [0.1, 0.15) is 5.72 Å². The second-order valence-electron chi connectivity index (χ2n) is 5.77. The quantitative estimate of drug-likeness (QED) is 0.737. The zero-order valence-corrected chi connectivity index (χ0v) is 10.9. The molecule has 1 fully saturated rings. The topological polar surface area (TPSA) is 12.5 Å². The van der Waals surface area contributed by atoms with E-state index in [0.29, 0.717) is 12.0 Å². The van der Waals surface area contributed by atoms with Crippen molar-refractivity contribution >= 4 is 0 Å². The van der Waals surface area contributed by atoms with Crippen molar-refractivity contribution in [2.24, 2.45) is 5.92 Å². The summed E-state index contributed by atoms with van der Waals surface area (Å²) in [5.41, 5.74) is 2.89. The van der Waals surface area contributed by atoms with Crippen LogP contribution in [0.1, 0.15) is 31.9 Å². The van der Waals surface area contributed by atoms with Crippen LogP contribution in [0.3, 0.4) is 0 Å². The van der Waals surface area contributed by atoms with Crippen molar-refractivity contribution in [1.82, 2.24) is 4.90 Å². The van der Waals surface area contributed by atoms with Crippen LogP contribution < -0.4 is 0 Å². The number of benzene rings is 1. The third kappa shape index (κ3) is 1.62. The van der Waals surface area contributed by atoms with Gasteiger partial charge in [-0.05, 0) is 30.4 Å². The van der Waals surface area contributed by atoms with Gasteiger partial charge in [-0.3, -0.25) is 4.90 Å². The molecule has 2 atom stereocenters. The Morgan fingerprint density at radius 3 is 2.71 bits per heavy atom. The van der Waals surface area contributed by atoms with Gasteiger partial charge < -0.3 is 4.74 Å². The summed E-state index contributed by atoms with van der Waals surface area (Å²) in [6.45, 7) is 8.66. The lowest BCUT2D eigenvalue weighted by molar-refractivity contribution is -0.109. The molecule has 0 saturated carbocycles. The van der Waals surface area contributed by atoms with E-state index < -0.39 is 0 Å². The normalized spacial score (nSPS) is 32.6. The zero-order chi connectivity index (χ0) is 12.0. The van der Waals surface area contributed by atoms with Crippen LogP contribution in [0.5, 0.6) is 0 Å². The molecule has 0 amide bonds. The minimum Gasteiger partial charge on any atom is -0.359 e. The Labute approximate surface area is 104 Å². The van der Waals surface area contributed by atoms with Gasteiger partial charge in [-0.1, -0.05) is 38.1 Å². The fraction of sp³-hybridized carbons (Fsp3) is 0.600. The summed E-state index contributed by atoms with van der Waals surface area (Å²) < 4.78 is 6.11. The van der Waals surface area contributed by atoms with Crippen molar-refractivity contribution in [3.05, 3.63) is 35.4 Å². The van der Waals surface area contributed by atoms with Gasteiger partial charge >= 0.3 is 0 Å². The maximum atomic E-state index is 6.11. The molecule has 0 N–H and O–H groups in total. The van der Waals surface area contributed by atoms with Crippen LogP contribution in [-0.2, 0) is 17.7 Å². The van der Waals surface area contributed by atoms with E-state index in [4.69, 9.17) is 4.74 Å². The van der Waals surface area contributed by atoms with E-state index in [1.165, 1.54) is 11.1 Å². The first-order valence-corrected chi connectivity index (χ1v) is 6.59. The molecule has 1 aromatic rings. The van der Waals surface area contributed by atoms with Crippen LogP contribution in [0.25, 0.3) is 0 Å². The summed E-state index contributed by atoms with van der Waals surface area (Å²) in [4.78, 5) is 2.56. The molecule has 1 saturated heterocycles. The molecule has 0 bridgehead atoms. The third-order valence-electron chi connectivity index (χ3n) is 4.56. The van der Waals surface area contributed by atoms with Crippen molar-refractivity contribution in [3.63, 3.8) is 0 Å². The molecular weight excluding hydrogens is 210 g/mol. The fourth-order valence-corrected chi connectivity index (χ4v) is 3.10. The van der Waals surface area contributed by atoms with Crippen molar-refractivity contribution in [1.29, 1.82) is 0 Å². The van der Waals surface area contributed by atoms with E-state index in [2.05, 4.69) is 49.9 Å². The van der Waals surface area contributed by atoms with Crippen LogP contribution in [0.15, 0.2) is 24.3 Å². The third-order valence-corrected chi connectivity index (χ3v) is 4.56. The zero-order valence-electron chi connectivity index (χ0n) is 10.9. The molecule has 0 aliphatic carbocycles. The Hall–Kier alpha value is -0.860. The van der Waals surface area contributed by atoms with E-state index in [-0.39, 0.29) is 5.72 Å². The van der Waals surface area contributed by atoms with Gasteiger partial charge in [-0.25, -0.2) is 0 Å². The summed E-state index contributed by atoms with van der Waals surface area (Å²) in [5, 5.41) is 0. The number of hydrogen-bond donors (Lipinski definition) is 0. The van der Waals surface area contributed by atoms with Gasteiger partial charge in [-0.2, -0.15) is 0 Å². The van der Waals surface area contributed by atoms with Gasteiger partial charge in [0, 0.05) is 12.6 Å². The molecule has 2 unspecified atom stereocenters. The second kappa shape index (κ2) is 3.82. The van der Waals surface area contributed by atoms with Crippen LogP contribution >= 0.6 is 0 Å². The van der Waals surface area contributed by atoms with Crippen LogP contribution in [0.2, 0.25) is 0 Å². The maximum absolute atomic E-state index is 6.11. The number of hydrogen-bond acceptors (Lipinski definition) is 2. The largest absolute Gasteiger partial charge is 0.359 e. The first-order chi connectivity index (χ1) is 8.11. The van der Waals surface area contributed by atoms with Crippen molar-refractivity contribution < 1.29 is 4.74 Å². The molecule has 2 aliphatic heterocycles. The van der Waals surface area contributed by atoms with Crippen molar-refractivity contribution in [3.8, 4) is 0 Å². The summed E-state index contributed by atoms with van der Waals surface area (Å²) >= 11 is 0. The Bertz CT molecular complexity index is 429. The smallest absolute Gasteiger partial charge is 0.121 e. The molecule has 0 aromatic heterocycles. The number of nitrogens with zero attached hydrogens (tertiary/aromatic N) is 1. The Balaban J connectivity index is 1.94. The molecule has 0 radical (unpaired) electrons. The lowest BCUT2D eigenvalue weighted by Gasteiger charge is -2.42. The second-order valence-corrected chi connectivity index (χ2v) is 5.77. The summed E-state index contributed by atoms with van der Waals surface area (Å²) in [6, 6.07) is 9.37. The fourth-order valence-electron chi connectivity index (χ4n) is 3.10. The average Bonchev–Trinajstić information content (AvgIpc) is 2.66. The Morgan fingerprint density at radius 2 is 2.00 bits per heavy atom. The monoisotopic (exact) mass is 231 g/mol. The number of fused-ring (bicyclic) bond motifs is 2. The molecule has 1 aromatic carbocycles. The number of rotatable bonds is 1. The molecule has 2 heteroatoms. The van der Waals surface area contributed by atoms with E-state index in [1.54, 1.807) is 0 Å². The first-order valence-electron chi connectivity index (χ1n) is 6.59. The lowest BCUT2D eigenvalue weighted by Crippen LogP contribution is -2.51. The summed E-state index contributed by atoms with van der Waals surface area (Å²) in [6.07, 6.45) is 1.14. The van der Waals surface area contributed by atoms with E-state index in [9.17, 15) is 0 Å². The minimum absolute atomic E-state index is 0.0851. The predicted molar refractivity (Wildman–Crippen MR) is 68.7 cm³/mol. The van der Waals surface area contributed by atoms with Gasteiger partial charge in [0.25, 0.3) is 0 Å². The highest BCUT2D eigenvalue weighted by molar-refractivity contribution is 5.31. The molecule has 2 heterocycles. The summed E-state index contributed by atoms with van der Waals surface area (Å²) in [7, 11) is 0. The van der Waals surface area contributed by atoms with Crippen LogP contribution in [0.4, 0.5) is 0 Å². The maximum Gasteiger partial charge on any atom is 0.121 e. The first kappa shape index (κ1) is 11.2. The van der Waals surface area contributed by atoms with Crippen LogP contribution in [0, 0.1) is 5.92 Å². The van der Waals surface area contributed by atoms with Gasteiger partial charge in [-0.15, -0.1) is 0 Å². The highest BCUT2D eigenvalue weighted by Crippen LogP contribution is 2.39. The molecule has 92 valence electrons. The molecular formula is C15H21NO. The van der Waals surface area contributed by atoms with Gasteiger partial charge in [0.05, 0.1) is 6.61 Å². The predicted octanol–water partition coefficient (Wildman–Crippen LogP) is 2.82. The Morgan fingerprint density at radius 1 is 1.29 bits per heavy atom. The van der Waals surface area contributed by atoms with Gasteiger partial charge in [0.2, 0.25) is 0 Å². The van der Waals surface area contributed by atoms with E-state index in [1.807, 2.05) is 0 Å². The minimum atomic E-state index is -0.0851. The highest BCUT2D eigenvalue weighted by Gasteiger charge is 2.47. The van der Waals surface area contributed by atoms with Crippen LogP contribution in [-0.4, -0.2) is 23.3 Å². The molecule has 17 heavy (non-hydrogen) atoms. The molecule has 3 rings (SSSR count). The van der Waals surface area contributed by atoms with E-state index >= 15 is 0 Å². The molecule has 0 spiro atoms. The average molecular weight is 231 g/mol. The SMILES string of the molecule is CC(C)C1(C)OCC2Cc3ccccc3CN21. The molecule has 2 nitrogen and oxygen atoms in total.